The third-order valence-electron chi connectivity index (χ3n) is 8.78. The standard InChI is InChI=1S/C43H27N3O/c1-2-8-28(9-3-1)29-15-19-31(20-16-29)38-27-39(32-21-17-30(18-22-32)35-13-6-10-33-11-7-25-44-42(33)35)46-43(45-38)34-23-24-37-36-12-4-5-14-40(36)47-41(37)26-34/h1-27H. The first-order valence-corrected chi connectivity index (χ1v) is 15.7. The van der Waals surface area contributed by atoms with E-state index in [4.69, 9.17) is 14.4 Å². The molecule has 0 saturated carbocycles. The largest absolute Gasteiger partial charge is 0.456 e. The van der Waals surface area contributed by atoms with Crippen LogP contribution in [0, 0.1) is 0 Å². The van der Waals surface area contributed by atoms with E-state index in [2.05, 4.69) is 126 Å². The molecule has 0 aliphatic rings. The molecular formula is C43H27N3O. The fourth-order valence-corrected chi connectivity index (χ4v) is 6.36. The van der Waals surface area contributed by atoms with Crippen molar-refractivity contribution >= 4 is 32.8 Å². The van der Waals surface area contributed by atoms with Gasteiger partial charge in [-0.2, -0.15) is 0 Å². The van der Waals surface area contributed by atoms with Crippen LogP contribution in [0.5, 0.6) is 0 Å². The molecule has 0 amide bonds. The summed E-state index contributed by atoms with van der Waals surface area (Å²) in [6.45, 7) is 0. The molecule has 4 nitrogen and oxygen atoms in total. The molecule has 0 aliphatic heterocycles. The van der Waals surface area contributed by atoms with Crippen LogP contribution in [-0.2, 0) is 0 Å². The van der Waals surface area contributed by atoms with Crippen molar-refractivity contribution in [2.75, 3.05) is 0 Å². The highest BCUT2D eigenvalue weighted by Gasteiger charge is 2.14. The van der Waals surface area contributed by atoms with Crippen LogP contribution in [0.4, 0.5) is 0 Å². The number of pyridine rings is 1. The first kappa shape index (κ1) is 27.0. The number of furan rings is 1. The zero-order valence-electron chi connectivity index (χ0n) is 25.3. The molecule has 4 heteroatoms. The summed E-state index contributed by atoms with van der Waals surface area (Å²) in [5, 5.41) is 3.30. The number of benzene rings is 6. The van der Waals surface area contributed by atoms with E-state index in [1.54, 1.807) is 0 Å². The van der Waals surface area contributed by atoms with E-state index in [0.717, 1.165) is 77.6 Å². The molecule has 0 bridgehead atoms. The predicted octanol–water partition coefficient (Wildman–Crippen LogP) is 11.3. The maximum absolute atomic E-state index is 6.22. The minimum atomic E-state index is 0.648. The summed E-state index contributed by atoms with van der Waals surface area (Å²) in [6, 6.07) is 54.4. The van der Waals surface area contributed by atoms with Crippen molar-refractivity contribution in [3.63, 3.8) is 0 Å². The molecule has 0 radical (unpaired) electrons. The minimum Gasteiger partial charge on any atom is -0.456 e. The molecule has 0 unspecified atom stereocenters. The Labute approximate surface area is 271 Å². The van der Waals surface area contributed by atoms with Gasteiger partial charge < -0.3 is 4.42 Å². The van der Waals surface area contributed by atoms with Gasteiger partial charge in [-0.3, -0.25) is 4.98 Å². The summed E-state index contributed by atoms with van der Waals surface area (Å²) >= 11 is 0. The highest BCUT2D eigenvalue weighted by atomic mass is 16.3. The molecule has 6 aromatic carbocycles. The summed E-state index contributed by atoms with van der Waals surface area (Å²) in [4.78, 5) is 14.9. The first-order valence-electron chi connectivity index (χ1n) is 15.7. The van der Waals surface area contributed by atoms with Crippen molar-refractivity contribution in [2.45, 2.75) is 0 Å². The van der Waals surface area contributed by atoms with Gasteiger partial charge in [0.25, 0.3) is 0 Å². The number of fused-ring (bicyclic) bond motifs is 4. The molecule has 3 aromatic heterocycles. The van der Waals surface area contributed by atoms with Crippen molar-refractivity contribution in [1.29, 1.82) is 0 Å². The monoisotopic (exact) mass is 601 g/mol. The molecular weight excluding hydrogens is 574 g/mol. The van der Waals surface area contributed by atoms with Crippen molar-refractivity contribution < 1.29 is 4.42 Å². The van der Waals surface area contributed by atoms with Gasteiger partial charge in [0.2, 0.25) is 0 Å². The van der Waals surface area contributed by atoms with Crippen molar-refractivity contribution in [1.82, 2.24) is 15.0 Å². The number of nitrogens with zero attached hydrogens (tertiary/aromatic N) is 3. The van der Waals surface area contributed by atoms with Gasteiger partial charge >= 0.3 is 0 Å². The Balaban J connectivity index is 1.16. The molecule has 0 atom stereocenters. The van der Waals surface area contributed by atoms with E-state index in [1.165, 1.54) is 5.56 Å². The number of hydrogen-bond acceptors (Lipinski definition) is 4. The molecule has 9 aromatic rings. The van der Waals surface area contributed by atoms with Crippen LogP contribution in [0.1, 0.15) is 0 Å². The van der Waals surface area contributed by atoms with Crippen LogP contribution in [0.2, 0.25) is 0 Å². The Morgan fingerprint density at radius 1 is 0.404 bits per heavy atom. The molecule has 0 fully saturated rings. The maximum atomic E-state index is 6.22. The van der Waals surface area contributed by atoms with E-state index in [1.807, 2.05) is 42.6 Å². The fraction of sp³-hybridized carbons (Fsp3) is 0. The summed E-state index contributed by atoms with van der Waals surface area (Å²) < 4.78 is 6.22. The van der Waals surface area contributed by atoms with E-state index < -0.39 is 0 Å². The lowest BCUT2D eigenvalue weighted by Gasteiger charge is -2.11. The van der Waals surface area contributed by atoms with Gasteiger partial charge in [0.1, 0.15) is 11.2 Å². The van der Waals surface area contributed by atoms with Gasteiger partial charge in [0.05, 0.1) is 16.9 Å². The van der Waals surface area contributed by atoms with Crippen LogP contribution < -0.4 is 0 Å². The predicted molar refractivity (Wildman–Crippen MR) is 192 cm³/mol. The average molecular weight is 602 g/mol. The zero-order chi connectivity index (χ0) is 31.2. The SMILES string of the molecule is c1ccc(-c2ccc(-c3cc(-c4ccc(-c5cccc6cccnc56)cc4)nc(-c4ccc5c(c4)oc4ccccc45)n3)cc2)cc1. The molecule has 47 heavy (non-hydrogen) atoms. The number of para-hydroxylation sites is 2. The number of rotatable bonds is 5. The summed E-state index contributed by atoms with van der Waals surface area (Å²) in [5.41, 5.74) is 11.9. The van der Waals surface area contributed by atoms with E-state index in [-0.39, 0.29) is 0 Å². The van der Waals surface area contributed by atoms with E-state index >= 15 is 0 Å². The van der Waals surface area contributed by atoms with Crippen LogP contribution >= 0.6 is 0 Å². The zero-order valence-corrected chi connectivity index (χ0v) is 25.3. The van der Waals surface area contributed by atoms with Crippen molar-refractivity contribution in [3.05, 3.63) is 164 Å². The van der Waals surface area contributed by atoms with Gasteiger partial charge in [-0.25, -0.2) is 9.97 Å². The summed E-state index contributed by atoms with van der Waals surface area (Å²) in [5.74, 6) is 0.648. The lowest BCUT2D eigenvalue weighted by atomic mass is 9.99. The molecule has 3 heterocycles. The molecule has 0 spiro atoms. The topological polar surface area (TPSA) is 51.8 Å². The average Bonchev–Trinajstić information content (AvgIpc) is 3.53. The molecule has 220 valence electrons. The number of aromatic nitrogens is 3. The second-order valence-electron chi connectivity index (χ2n) is 11.7. The third-order valence-corrected chi connectivity index (χ3v) is 8.78. The van der Waals surface area contributed by atoms with Crippen LogP contribution in [0.15, 0.2) is 168 Å². The Bertz CT molecular complexity index is 2550. The first-order chi connectivity index (χ1) is 23.3. The third kappa shape index (κ3) is 4.93. The second kappa shape index (κ2) is 11.2. The minimum absolute atomic E-state index is 0.648. The van der Waals surface area contributed by atoms with Crippen LogP contribution in [-0.4, -0.2) is 15.0 Å². The fourth-order valence-electron chi connectivity index (χ4n) is 6.36. The summed E-state index contributed by atoms with van der Waals surface area (Å²) in [7, 11) is 0. The number of hydrogen-bond donors (Lipinski definition) is 0. The smallest absolute Gasteiger partial charge is 0.160 e. The van der Waals surface area contributed by atoms with Crippen molar-refractivity contribution in [3.8, 4) is 56.2 Å². The van der Waals surface area contributed by atoms with Gasteiger partial charge in [-0.15, -0.1) is 0 Å². The Morgan fingerprint density at radius 2 is 1.02 bits per heavy atom. The Kier molecular flexibility index (Phi) is 6.43. The Morgan fingerprint density at radius 3 is 1.81 bits per heavy atom. The van der Waals surface area contributed by atoms with Crippen molar-refractivity contribution in [2.24, 2.45) is 0 Å². The van der Waals surface area contributed by atoms with Gasteiger partial charge in [0, 0.05) is 44.6 Å². The van der Waals surface area contributed by atoms with Gasteiger partial charge in [-0.1, -0.05) is 127 Å². The summed E-state index contributed by atoms with van der Waals surface area (Å²) in [6.07, 6.45) is 1.85. The second-order valence-corrected chi connectivity index (χ2v) is 11.7. The highest BCUT2D eigenvalue weighted by Crippen LogP contribution is 2.35. The van der Waals surface area contributed by atoms with Crippen LogP contribution in [0.25, 0.3) is 89.0 Å². The van der Waals surface area contributed by atoms with Gasteiger partial charge in [0.15, 0.2) is 5.82 Å². The lowest BCUT2D eigenvalue weighted by Crippen LogP contribution is -1.96. The molecule has 9 rings (SSSR count). The Hall–Kier alpha value is -6.39. The van der Waals surface area contributed by atoms with E-state index in [0.29, 0.717) is 5.82 Å². The van der Waals surface area contributed by atoms with E-state index in [9.17, 15) is 0 Å². The molecule has 0 N–H and O–H groups in total. The normalized spacial score (nSPS) is 11.4. The highest BCUT2D eigenvalue weighted by molar-refractivity contribution is 6.05. The lowest BCUT2D eigenvalue weighted by molar-refractivity contribution is 0.669. The van der Waals surface area contributed by atoms with Crippen LogP contribution in [0.3, 0.4) is 0 Å². The molecule has 0 saturated heterocycles. The van der Waals surface area contributed by atoms with Gasteiger partial charge in [-0.05, 0) is 47.0 Å². The maximum Gasteiger partial charge on any atom is 0.160 e. The molecule has 0 aliphatic carbocycles. The quantitative estimate of drug-likeness (QED) is 0.197.